The van der Waals surface area contributed by atoms with Gasteiger partial charge in [-0.05, 0) is 19.4 Å². The van der Waals surface area contributed by atoms with Gasteiger partial charge < -0.3 is 29.9 Å². The van der Waals surface area contributed by atoms with Crippen molar-refractivity contribution >= 4 is 28.3 Å². The predicted molar refractivity (Wildman–Crippen MR) is 87.4 cm³/mol. The molecule has 9 heteroatoms. The third kappa shape index (κ3) is 2.20. The van der Waals surface area contributed by atoms with Crippen LogP contribution in [0, 0.1) is 0 Å². The molecule has 0 radical (unpaired) electrons. The molecule has 2 aromatic heterocycles. The van der Waals surface area contributed by atoms with Crippen molar-refractivity contribution < 1.29 is 24.9 Å². The fraction of sp³-hybridized carbons (Fsp3) is 0.438. The molecule has 2 aliphatic rings. The second kappa shape index (κ2) is 5.33. The third-order valence-electron chi connectivity index (χ3n) is 4.81. The number of nitrogens with one attached hydrogen (secondary N) is 1. The first kappa shape index (κ1) is 16.2. The minimum absolute atomic E-state index is 0.278. The van der Waals surface area contributed by atoms with Gasteiger partial charge in [-0.3, -0.25) is 4.79 Å². The first-order valence-corrected chi connectivity index (χ1v) is 7.86. The van der Waals surface area contributed by atoms with Crippen molar-refractivity contribution in [2.24, 2.45) is 0 Å². The maximum Gasteiger partial charge on any atom is 0.249 e. The van der Waals surface area contributed by atoms with Crippen LogP contribution < -0.4 is 5.32 Å². The molecule has 4 atom stereocenters. The Morgan fingerprint density at radius 2 is 2.20 bits per heavy atom. The quantitative estimate of drug-likeness (QED) is 0.592. The molecular weight excluding hydrogens is 328 g/mol. The summed E-state index contributed by atoms with van der Waals surface area (Å²) in [6.45, 7) is 2.82. The van der Waals surface area contributed by atoms with Crippen LogP contribution in [0.5, 0.6) is 0 Å². The number of carbonyl (C=O) groups is 1. The molecule has 132 valence electrons. The number of rotatable bonds is 2. The minimum Gasteiger partial charge on any atom is -0.394 e. The third-order valence-corrected chi connectivity index (χ3v) is 4.81. The van der Waals surface area contributed by atoms with Crippen molar-refractivity contribution in [3.63, 3.8) is 0 Å². The van der Waals surface area contributed by atoms with Crippen LogP contribution >= 0.6 is 0 Å². The zero-order chi connectivity index (χ0) is 17.9. The van der Waals surface area contributed by atoms with Gasteiger partial charge in [0.25, 0.3) is 0 Å². The number of carbonyl (C=O) groups excluding carboxylic acids is 1. The molecule has 4 heterocycles. The van der Waals surface area contributed by atoms with Gasteiger partial charge in [-0.25, -0.2) is 9.97 Å². The van der Waals surface area contributed by atoms with Crippen LogP contribution in [-0.4, -0.2) is 60.2 Å². The Hall–Kier alpha value is -2.33. The zero-order valence-corrected chi connectivity index (χ0v) is 13.7. The zero-order valence-electron chi connectivity index (χ0n) is 13.7. The SMILES string of the molecule is CC1=CC(=O)Nc2ncnc3c2c1cn3C1O[C@H](CO)[C@@H](O)[C@@]1(C)O. The number of amides is 1. The summed E-state index contributed by atoms with van der Waals surface area (Å²) in [5, 5.41) is 33.7. The van der Waals surface area contributed by atoms with Gasteiger partial charge in [-0.15, -0.1) is 0 Å². The molecule has 0 aromatic carbocycles. The molecule has 9 nitrogen and oxygen atoms in total. The highest BCUT2D eigenvalue weighted by atomic mass is 16.6. The number of ether oxygens (including phenoxy) is 1. The molecule has 0 saturated carbocycles. The highest BCUT2D eigenvalue weighted by Crippen LogP contribution is 2.42. The Bertz CT molecular complexity index is 903. The molecule has 1 fully saturated rings. The van der Waals surface area contributed by atoms with Gasteiger partial charge in [0.05, 0.1) is 12.0 Å². The first-order valence-electron chi connectivity index (χ1n) is 7.86. The van der Waals surface area contributed by atoms with Gasteiger partial charge in [-0.2, -0.15) is 0 Å². The van der Waals surface area contributed by atoms with Crippen LogP contribution in [-0.2, 0) is 9.53 Å². The van der Waals surface area contributed by atoms with E-state index in [1.165, 1.54) is 19.3 Å². The van der Waals surface area contributed by atoms with E-state index < -0.39 is 30.6 Å². The van der Waals surface area contributed by atoms with E-state index in [0.29, 0.717) is 22.4 Å². The average molecular weight is 346 g/mol. The van der Waals surface area contributed by atoms with Crippen LogP contribution in [0.25, 0.3) is 16.6 Å². The maximum absolute atomic E-state index is 11.9. The molecule has 25 heavy (non-hydrogen) atoms. The summed E-state index contributed by atoms with van der Waals surface area (Å²) in [4.78, 5) is 20.3. The van der Waals surface area contributed by atoms with Crippen molar-refractivity contribution in [2.75, 3.05) is 11.9 Å². The van der Waals surface area contributed by atoms with E-state index in [0.717, 1.165) is 5.56 Å². The highest BCUT2D eigenvalue weighted by Gasteiger charge is 2.53. The highest BCUT2D eigenvalue weighted by molar-refractivity contribution is 6.13. The van der Waals surface area contributed by atoms with Gasteiger partial charge in [0.2, 0.25) is 5.91 Å². The van der Waals surface area contributed by atoms with E-state index >= 15 is 0 Å². The lowest BCUT2D eigenvalue weighted by Crippen LogP contribution is -2.44. The van der Waals surface area contributed by atoms with Crippen LogP contribution in [0.15, 0.2) is 18.6 Å². The van der Waals surface area contributed by atoms with Crippen LogP contribution in [0.3, 0.4) is 0 Å². The summed E-state index contributed by atoms with van der Waals surface area (Å²) in [5.41, 5.74) is 0.259. The van der Waals surface area contributed by atoms with Crippen LogP contribution in [0.1, 0.15) is 25.6 Å². The molecule has 0 aliphatic carbocycles. The fourth-order valence-electron chi connectivity index (χ4n) is 3.47. The van der Waals surface area contributed by atoms with Gasteiger partial charge in [0.15, 0.2) is 6.23 Å². The van der Waals surface area contributed by atoms with Gasteiger partial charge in [-0.1, -0.05) is 0 Å². The Balaban J connectivity index is 1.94. The lowest BCUT2D eigenvalue weighted by molar-refractivity contribution is -0.111. The van der Waals surface area contributed by atoms with Crippen molar-refractivity contribution in [1.82, 2.24) is 14.5 Å². The van der Waals surface area contributed by atoms with Crippen LogP contribution in [0.2, 0.25) is 0 Å². The molecule has 1 unspecified atom stereocenters. The summed E-state index contributed by atoms with van der Waals surface area (Å²) in [6.07, 6.45) is 1.35. The van der Waals surface area contributed by atoms with Crippen molar-refractivity contribution in [1.29, 1.82) is 0 Å². The second-order valence-electron chi connectivity index (χ2n) is 6.57. The summed E-state index contributed by atoms with van der Waals surface area (Å²) in [6, 6.07) is 0. The van der Waals surface area contributed by atoms with Gasteiger partial charge in [0.1, 0.15) is 35.6 Å². The van der Waals surface area contributed by atoms with E-state index in [4.69, 9.17) is 4.74 Å². The number of aliphatic hydroxyl groups excluding tert-OH is 2. The Kier molecular flexibility index (Phi) is 3.45. The topological polar surface area (TPSA) is 130 Å². The molecule has 1 amide bonds. The number of anilines is 1. The Morgan fingerprint density at radius 1 is 1.44 bits per heavy atom. The Labute approximate surface area is 142 Å². The maximum atomic E-state index is 11.9. The number of hydrogen-bond donors (Lipinski definition) is 4. The van der Waals surface area contributed by atoms with E-state index in [1.807, 2.05) is 0 Å². The normalized spacial score (nSPS) is 31.8. The smallest absolute Gasteiger partial charge is 0.249 e. The number of hydrogen-bond acceptors (Lipinski definition) is 7. The fourth-order valence-corrected chi connectivity index (χ4v) is 3.47. The van der Waals surface area contributed by atoms with E-state index in [9.17, 15) is 20.1 Å². The molecule has 1 saturated heterocycles. The van der Waals surface area contributed by atoms with E-state index in [1.54, 1.807) is 17.7 Å². The molecule has 4 rings (SSSR count). The van der Waals surface area contributed by atoms with Crippen molar-refractivity contribution in [3.8, 4) is 0 Å². The average Bonchev–Trinajstić information content (AvgIpc) is 3.00. The van der Waals surface area contributed by atoms with Crippen molar-refractivity contribution in [3.05, 3.63) is 24.2 Å². The number of allylic oxidation sites excluding steroid dienone is 1. The lowest BCUT2D eigenvalue weighted by Gasteiger charge is -2.27. The number of aliphatic hydroxyl groups is 3. The summed E-state index contributed by atoms with van der Waals surface area (Å²) >= 11 is 0. The molecule has 0 bridgehead atoms. The second-order valence-corrected chi connectivity index (χ2v) is 6.57. The number of nitrogens with zero attached hydrogens (tertiary/aromatic N) is 3. The van der Waals surface area contributed by atoms with Gasteiger partial charge in [0, 0.05) is 17.8 Å². The molecule has 4 N–H and O–H groups in total. The van der Waals surface area contributed by atoms with E-state index in [-0.39, 0.29) is 5.91 Å². The number of aromatic nitrogens is 3. The summed E-state index contributed by atoms with van der Waals surface area (Å²) < 4.78 is 7.28. The minimum atomic E-state index is -1.63. The first-order chi connectivity index (χ1) is 11.8. The van der Waals surface area contributed by atoms with Crippen LogP contribution in [0.4, 0.5) is 5.82 Å². The summed E-state index contributed by atoms with van der Waals surface area (Å²) in [5.74, 6) is 0.0916. The van der Waals surface area contributed by atoms with Crippen molar-refractivity contribution in [2.45, 2.75) is 37.9 Å². The Morgan fingerprint density at radius 3 is 2.88 bits per heavy atom. The van der Waals surface area contributed by atoms with E-state index in [2.05, 4.69) is 15.3 Å². The molecular formula is C16H18N4O5. The van der Waals surface area contributed by atoms with Gasteiger partial charge >= 0.3 is 0 Å². The summed E-state index contributed by atoms with van der Waals surface area (Å²) in [7, 11) is 0. The molecule has 0 spiro atoms. The predicted octanol–water partition coefficient (Wildman–Crippen LogP) is -0.212. The largest absolute Gasteiger partial charge is 0.394 e. The molecule has 2 aliphatic heterocycles. The standard InChI is InChI=1S/C16H18N4O5/c1-7-3-10(22)19-13-11-8(7)4-20(14(11)18-6-17-13)15-16(2,24)12(23)9(5-21)25-15/h3-4,6,9,12,15,21,23-24H,5H2,1-2H3,(H,17,18,19,22)/t9-,12-,15?,16-/m1/s1. The molecule has 2 aromatic rings. The monoisotopic (exact) mass is 346 g/mol. The lowest BCUT2D eigenvalue weighted by atomic mass is 9.96.